The van der Waals surface area contributed by atoms with E-state index >= 15 is 0 Å². The van der Waals surface area contributed by atoms with Crippen molar-refractivity contribution in [1.82, 2.24) is 0 Å². The summed E-state index contributed by atoms with van der Waals surface area (Å²) < 4.78 is 20.8. The van der Waals surface area contributed by atoms with Crippen molar-refractivity contribution in [2.75, 3.05) is 26.4 Å². The van der Waals surface area contributed by atoms with Gasteiger partial charge in [0.25, 0.3) is 0 Å². The summed E-state index contributed by atoms with van der Waals surface area (Å²) in [7, 11) is 0. The molecule has 0 unspecified atom stereocenters. The third-order valence-electron chi connectivity index (χ3n) is 6.25. The molecule has 0 atom stereocenters. The summed E-state index contributed by atoms with van der Waals surface area (Å²) in [5.74, 6) is 2.02. The maximum absolute atomic E-state index is 9.60. The SMILES string of the molecule is CCCCC1=[C-]CC=C1.CCCCC1=[C-]CC=C1.CCOc1cccc(OCC)c1O.CCOc1cccc(OCC)c1O.[Zr+2]. The zero-order valence-electron chi connectivity index (χ0n) is 28.3. The zero-order chi connectivity index (χ0) is 32.4. The van der Waals surface area contributed by atoms with E-state index in [0.29, 0.717) is 49.4 Å². The number of para-hydroxylation sites is 2. The Kier molecular flexibility index (Phi) is 25.6. The first kappa shape index (κ1) is 42.1. The summed E-state index contributed by atoms with van der Waals surface area (Å²) >= 11 is 0. The summed E-state index contributed by atoms with van der Waals surface area (Å²) in [5.41, 5.74) is 2.83. The zero-order valence-corrected chi connectivity index (χ0v) is 30.7. The second kappa shape index (κ2) is 27.4. The molecule has 0 spiro atoms. The van der Waals surface area contributed by atoms with Gasteiger partial charge in [-0.1, -0.05) is 64.5 Å². The van der Waals surface area contributed by atoms with Crippen LogP contribution in [-0.2, 0) is 26.2 Å². The monoisotopic (exact) mass is 696 g/mol. The Balaban J connectivity index is 0.000000577. The average Bonchev–Trinajstić information content (AvgIpc) is 3.76. The van der Waals surface area contributed by atoms with E-state index in [4.69, 9.17) is 18.9 Å². The summed E-state index contributed by atoms with van der Waals surface area (Å²) in [5, 5.41) is 19.2. The molecule has 2 N–H and O–H groups in total. The van der Waals surface area contributed by atoms with Crippen LogP contribution in [0, 0.1) is 12.2 Å². The molecule has 45 heavy (non-hydrogen) atoms. The van der Waals surface area contributed by atoms with Gasteiger partial charge in [0.15, 0.2) is 23.0 Å². The predicted molar refractivity (Wildman–Crippen MR) is 181 cm³/mol. The second-order valence-electron chi connectivity index (χ2n) is 9.76. The molecule has 0 bridgehead atoms. The summed E-state index contributed by atoms with van der Waals surface area (Å²) in [6.45, 7) is 14.0. The van der Waals surface area contributed by atoms with Gasteiger partial charge in [0.2, 0.25) is 11.5 Å². The molecule has 7 heteroatoms. The van der Waals surface area contributed by atoms with Crippen LogP contribution >= 0.6 is 0 Å². The minimum Gasteiger partial charge on any atom is -0.502 e. The van der Waals surface area contributed by atoms with Crippen LogP contribution in [0.3, 0.4) is 0 Å². The summed E-state index contributed by atoms with van der Waals surface area (Å²) in [6, 6.07) is 10.4. The number of rotatable bonds is 14. The fraction of sp³-hybridized carbons (Fsp3) is 0.474. The fourth-order valence-corrected chi connectivity index (χ4v) is 4.07. The molecule has 2 aromatic rings. The van der Waals surface area contributed by atoms with Crippen LogP contribution in [0.25, 0.3) is 0 Å². The molecule has 246 valence electrons. The Morgan fingerprint density at radius 3 is 1.09 bits per heavy atom. The first-order valence-corrected chi connectivity index (χ1v) is 16.1. The largest absolute Gasteiger partial charge is 2.00 e. The first-order valence-electron chi connectivity index (χ1n) is 16.1. The van der Waals surface area contributed by atoms with Crippen molar-refractivity contribution < 1.29 is 55.4 Å². The Morgan fingerprint density at radius 2 is 0.867 bits per heavy atom. The number of allylic oxidation sites excluding steroid dienone is 8. The van der Waals surface area contributed by atoms with E-state index in [-0.39, 0.29) is 37.7 Å². The molecule has 0 saturated carbocycles. The van der Waals surface area contributed by atoms with Gasteiger partial charge in [-0.15, -0.1) is 12.8 Å². The number of ether oxygens (including phenoxy) is 4. The number of hydrogen-bond donors (Lipinski definition) is 2. The fourth-order valence-electron chi connectivity index (χ4n) is 4.07. The van der Waals surface area contributed by atoms with Gasteiger partial charge >= 0.3 is 26.2 Å². The Hall–Kier alpha value is -2.92. The molecule has 4 rings (SSSR count). The molecule has 2 aliphatic carbocycles. The summed E-state index contributed by atoms with van der Waals surface area (Å²) in [6.07, 6.45) is 25.1. The van der Waals surface area contributed by atoms with E-state index in [1.165, 1.54) is 49.7 Å². The van der Waals surface area contributed by atoms with E-state index in [1.807, 2.05) is 27.7 Å². The number of phenolic OH excluding ortho intramolecular Hbond substituents is 2. The van der Waals surface area contributed by atoms with Gasteiger partial charge in [-0.3, -0.25) is 12.2 Å². The number of benzene rings is 2. The van der Waals surface area contributed by atoms with Gasteiger partial charge < -0.3 is 29.2 Å². The van der Waals surface area contributed by atoms with Gasteiger partial charge in [-0.05, 0) is 52.0 Å². The molecular weight excluding hydrogens is 644 g/mol. The number of phenols is 2. The smallest absolute Gasteiger partial charge is 0.502 e. The molecule has 0 amide bonds. The van der Waals surface area contributed by atoms with Crippen LogP contribution in [0.2, 0.25) is 0 Å². The van der Waals surface area contributed by atoms with Crippen LogP contribution in [0.1, 0.15) is 92.9 Å². The van der Waals surface area contributed by atoms with Crippen LogP contribution in [0.4, 0.5) is 0 Å². The van der Waals surface area contributed by atoms with Crippen LogP contribution in [-0.4, -0.2) is 36.6 Å². The Bertz CT molecular complexity index is 1030. The van der Waals surface area contributed by atoms with E-state index in [0.717, 1.165) is 12.8 Å². The molecule has 0 radical (unpaired) electrons. The second-order valence-corrected chi connectivity index (χ2v) is 9.76. The standard InChI is InChI=1S/2C10H14O3.2C9H13.Zr/c2*1-3-12-8-6-5-7-9(10(8)11)13-4-2;2*1-2-3-6-9-7-4-5-8-9;/h2*5-7,11H,3-4H2,1-2H3;2*4,7H,2-3,5-6H2,1H3;/q;;2*-1;+2. The Labute approximate surface area is 292 Å². The molecule has 2 aromatic carbocycles. The van der Waals surface area contributed by atoms with Crippen molar-refractivity contribution in [3.8, 4) is 34.5 Å². The van der Waals surface area contributed by atoms with Crippen LogP contribution in [0.5, 0.6) is 34.5 Å². The molecule has 0 heterocycles. The maximum atomic E-state index is 9.60. The predicted octanol–water partition coefficient (Wildman–Crippen LogP) is 10.1. The van der Waals surface area contributed by atoms with Crippen molar-refractivity contribution >= 4 is 0 Å². The van der Waals surface area contributed by atoms with Crippen molar-refractivity contribution in [3.63, 3.8) is 0 Å². The van der Waals surface area contributed by atoms with E-state index < -0.39 is 0 Å². The van der Waals surface area contributed by atoms with Gasteiger partial charge in [-0.25, -0.2) is 23.3 Å². The summed E-state index contributed by atoms with van der Waals surface area (Å²) in [4.78, 5) is 0. The van der Waals surface area contributed by atoms with Gasteiger partial charge in [-0.2, -0.15) is 12.2 Å². The first-order chi connectivity index (χ1) is 21.4. The maximum Gasteiger partial charge on any atom is 2.00 e. The molecule has 2 aliphatic rings. The number of hydrogen-bond acceptors (Lipinski definition) is 6. The average molecular weight is 698 g/mol. The van der Waals surface area contributed by atoms with E-state index in [2.05, 4.69) is 50.3 Å². The van der Waals surface area contributed by atoms with Crippen LogP contribution in [0.15, 0.2) is 71.8 Å². The molecule has 6 nitrogen and oxygen atoms in total. The van der Waals surface area contributed by atoms with Crippen molar-refractivity contribution in [2.45, 2.75) is 92.9 Å². The van der Waals surface area contributed by atoms with Crippen molar-refractivity contribution in [3.05, 3.63) is 84.0 Å². The molecule has 0 saturated heterocycles. The quantitative estimate of drug-likeness (QED) is 0.191. The van der Waals surface area contributed by atoms with E-state index in [9.17, 15) is 10.2 Å². The van der Waals surface area contributed by atoms with E-state index in [1.54, 1.807) is 36.4 Å². The van der Waals surface area contributed by atoms with Crippen molar-refractivity contribution in [2.24, 2.45) is 0 Å². The number of aromatic hydroxyl groups is 2. The molecule has 0 fully saturated rings. The molecule has 0 aromatic heterocycles. The normalized spacial score (nSPS) is 12.1. The minimum absolute atomic E-state index is 0. The number of unbranched alkanes of at least 4 members (excludes halogenated alkanes) is 2. The topological polar surface area (TPSA) is 77.4 Å². The molecular formula is C38H54O6Zr. The van der Waals surface area contributed by atoms with Gasteiger partial charge in [0.1, 0.15) is 0 Å². The van der Waals surface area contributed by atoms with Crippen molar-refractivity contribution in [1.29, 1.82) is 0 Å². The Morgan fingerprint density at radius 1 is 0.556 bits per heavy atom. The van der Waals surface area contributed by atoms with Gasteiger partial charge in [0.05, 0.1) is 26.4 Å². The third kappa shape index (κ3) is 18.0. The van der Waals surface area contributed by atoms with Crippen LogP contribution < -0.4 is 18.9 Å². The minimum atomic E-state index is 0. The van der Waals surface area contributed by atoms with Gasteiger partial charge in [0, 0.05) is 0 Å². The molecule has 0 aliphatic heterocycles. The third-order valence-corrected chi connectivity index (χ3v) is 6.25.